The second-order valence-corrected chi connectivity index (χ2v) is 9.00. The molecule has 2 amide bonds. The summed E-state index contributed by atoms with van der Waals surface area (Å²) in [6, 6.07) is 8.27. The SMILES string of the molecule is CC(C(=O)NC(C)(C)C)N1CCC(C(=O)N2CCc3ccccc3C2)CC1. The van der Waals surface area contributed by atoms with Crippen molar-refractivity contribution < 1.29 is 9.59 Å². The zero-order chi connectivity index (χ0) is 19.6. The zero-order valence-corrected chi connectivity index (χ0v) is 17.1. The number of carbonyl (C=O) groups is 2. The van der Waals surface area contributed by atoms with Crippen LogP contribution in [0.1, 0.15) is 51.7 Å². The summed E-state index contributed by atoms with van der Waals surface area (Å²) in [5.74, 6) is 0.445. The molecule has 0 bridgehead atoms. The van der Waals surface area contributed by atoms with Gasteiger partial charge >= 0.3 is 0 Å². The Morgan fingerprint density at radius 2 is 1.70 bits per heavy atom. The van der Waals surface area contributed by atoms with Gasteiger partial charge in [0.1, 0.15) is 0 Å². The van der Waals surface area contributed by atoms with Gasteiger partial charge in [0, 0.05) is 24.5 Å². The van der Waals surface area contributed by atoms with Gasteiger partial charge in [0.2, 0.25) is 11.8 Å². The van der Waals surface area contributed by atoms with Crippen LogP contribution in [0.5, 0.6) is 0 Å². The third-order valence-corrected chi connectivity index (χ3v) is 5.75. The number of amides is 2. The molecule has 1 N–H and O–H groups in total. The molecule has 1 aromatic carbocycles. The molecule has 0 radical (unpaired) electrons. The number of nitrogens with zero attached hydrogens (tertiary/aromatic N) is 2. The highest BCUT2D eigenvalue weighted by Gasteiger charge is 2.33. The molecule has 3 rings (SSSR count). The van der Waals surface area contributed by atoms with Crippen molar-refractivity contribution >= 4 is 11.8 Å². The first-order chi connectivity index (χ1) is 12.7. The van der Waals surface area contributed by atoms with E-state index in [9.17, 15) is 9.59 Å². The fourth-order valence-electron chi connectivity index (χ4n) is 4.12. The highest BCUT2D eigenvalue weighted by molar-refractivity contribution is 5.82. The topological polar surface area (TPSA) is 52.7 Å². The highest BCUT2D eigenvalue weighted by Crippen LogP contribution is 2.25. The first-order valence-electron chi connectivity index (χ1n) is 10.2. The maximum absolute atomic E-state index is 13.0. The molecule has 1 aromatic rings. The molecular formula is C22H33N3O2. The average Bonchev–Trinajstić information content (AvgIpc) is 2.65. The van der Waals surface area contributed by atoms with Gasteiger partial charge < -0.3 is 10.2 Å². The van der Waals surface area contributed by atoms with Crippen molar-refractivity contribution in [3.8, 4) is 0 Å². The number of fused-ring (bicyclic) bond motifs is 1. The van der Waals surface area contributed by atoms with Gasteiger partial charge in [-0.25, -0.2) is 0 Å². The minimum Gasteiger partial charge on any atom is -0.350 e. The van der Waals surface area contributed by atoms with E-state index in [4.69, 9.17) is 0 Å². The smallest absolute Gasteiger partial charge is 0.237 e. The van der Waals surface area contributed by atoms with Crippen LogP contribution in [-0.2, 0) is 22.6 Å². The first kappa shape index (κ1) is 19.9. The first-order valence-corrected chi connectivity index (χ1v) is 10.2. The van der Waals surface area contributed by atoms with E-state index in [1.54, 1.807) is 0 Å². The molecule has 1 fully saturated rings. The van der Waals surface area contributed by atoms with Crippen molar-refractivity contribution in [2.24, 2.45) is 5.92 Å². The quantitative estimate of drug-likeness (QED) is 0.889. The number of piperidine rings is 1. The normalized spacial score (nSPS) is 20.1. The van der Waals surface area contributed by atoms with Crippen LogP contribution in [0.25, 0.3) is 0 Å². The van der Waals surface area contributed by atoms with E-state index in [2.05, 4.69) is 34.5 Å². The monoisotopic (exact) mass is 371 g/mol. The molecular weight excluding hydrogens is 338 g/mol. The van der Waals surface area contributed by atoms with Crippen LogP contribution in [0, 0.1) is 5.92 Å². The lowest BCUT2D eigenvalue weighted by Crippen LogP contribution is -2.53. The molecule has 0 aromatic heterocycles. The summed E-state index contributed by atoms with van der Waals surface area (Å²) in [7, 11) is 0. The Bertz CT molecular complexity index is 687. The van der Waals surface area contributed by atoms with E-state index < -0.39 is 0 Å². The second-order valence-electron chi connectivity index (χ2n) is 9.00. The number of hydrogen-bond acceptors (Lipinski definition) is 3. The number of rotatable bonds is 3. The lowest BCUT2D eigenvalue weighted by Gasteiger charge is -2.38. The predicted molar refractivity (Wildman–Crippen MR) is 107 cm³/mol. The van der Waals surface area contributed by atoms with Gasteiger partial charge in [-0.3, -0.25) is 14.5 Å². The van der Waals surface area contributed by atoms with Gasteiger partial charge in [0.05, 0.1) is 6.04 Å². The summed E-state index contributed by atoms with van der Waals surface area (Å²) in [5, 5.41) is 3.06. The van der Waals surface area contributed by atoms with E-state index in [0.717, 1.165) is 45.4 Å². The minimum absolute atomic E-state index is 0.0694. The summed E-state index contributed by atoms with van der Waals surface area (Å²) >= 11 is 0. The van der Waals surface area contributed by atoms with Crippen LogP contribution >= 0.6 is 0 Å². The molecule has 5 nitrogen and oxygen atoms in total. The molecule has 0 spiro atoms. The Kier molecular flexibility index (Phi) is 5.89. The van der Waals surface area contributed by atoms with Gasteiger partial charge in [-0.15, -0.1) is 0 Å². The van der Waals surface area contributed by atoms with Crippen molar-refractivity contribution in [1.29, 1.82) is 0 Å². The average molecular weight is 372 g/mol. The molecule has 2 heterocycles. The van der Waals surface area contributed by atoms with Crippen LogP contribution in [-0.4, -0.2) is 52.8 Å². The molecule has 1 saturated heterocycles. The molecule has 1 atom stereocenters. The van der Waals surface area contributed by atoms with Gasteiger partial charge in [0.15, 0.2) is 0 Å². The van der Waals surface area contributed by atoms with Gasteiger partial charge in [-0.05, 0) is 71.2 Å². The molecule has 0 saturated carbocycles. The zero-order valence-electron chi connectivity index (χ0n) is 17.1. The van der Waals surface area contributed by atoms with Gasteiger partial charge in [-0.1, -0.05) is 24.3 Å². The minimum atomic E-state index is -0.218. The van der Waals surface area contributed by atoms with Crippen molar-refractivity contribution in [3.63, 3.8) is 0 Å². The molecule has 0 aliphatic carbocycles. The summed E-state index contributed by atoms with van der Waals surface area (Å²) in [5.41, 5.74) is 2.43. The number of benzene rings is 1. The summed E-state index contributed by atoms with van der Waals surface area (Å²) in [4.78, 5) is 29.6. The number of carbonyl (C=O) groups excluding carboxylic acids is 2. The fraction of sp³-hybridized carbons (Fsp3) is 0.636. The molecule has 1 unspecified atom stereocenters. The fourth-order valence-corrected chi connectivity index (χ4v) is 4.12. The van der Waals surface area contributed by atoms with Crippen molar-refractivity contribution in [2.75, 3.05) is 19.6 Å². The highest BCUT2D eigenvalue weighted by atomic mass is 16.2. The van der Waals surface area contributed by atoms with Crippen LogP contribution in [0.2, 0.25) is 0 Å². The maximum atomic E-state index is 13.0. The largest absolute Gasteiger partial charge is 0.350 e. The van der Waals surface area contributed by atoms with Gasteiger partial charge in [0.25, 0.3) is 0 Å². The number of hydrogen-bond donors (Lipinski definition) is 1. The van der Waals surface area contributed by atoms with Crippen LogP contribution in [0.3, 0.4) is 0 Å². The molecule has 2 aliphatic heterocycles. The van der Waals surface area contributed by atoms with Crippen molar-refractivity contribution in [2.45, 2.75) is 65.1 Å². The molecule has 2 aliphatic rings. The van der Waals surface area contributed by atoms with Crippen molar-refractivity contribution in [3.05, 3.63) is 35.4 Å². The summed E-state index contributed by atoms with van der Waals surface area (Å²) in [6.45, 7) is 11.1. The molecule has 5 heteroatoms. The van der Waals surface area contributed by atoms with E-state index in [-0.39, 0.29) is 29.3 Å². The Morgan fingerprint density at radius 1 is 1.07 bits per heavy atom. The lowest BCUT2D eigenvalue weighted by molar-refractivity contribution is -0.138. The van der Waals surface area contributed by atoms with Crippen LogP contribution < -0.4 is 5.32 Å². The third-order valence-electron chi connectivity index (χ3n) is 5.75. The second kappa shape index (κ2) is 8.01. The number of nitrogens with one attached hydrogen (secondary N) is 1. The number of likely N-dealkylation sites (tertiary alicyclic amines) is 1. The molecule has 27 heavy (non-hydrogen) atoms. The maximum Gasteiger partial charge on any atom is 0.237 e. The Hall–Kier alpha value is -1.88. The Balaban J connectivity index is 1.52. The Morgan fingerprint density at radius 3 is 2.33 bits per heavy atom. The standard InChI is InChI=1S/C22H33N3O2/c1-16(20(26)23-22(2,3)4)24-12-10-18(11-13-24)21(27)25-14-9-17-7-5-6-8-19(17)15-25/h5-8,16,18H,9-15H2,1-4H3,(H,23,26). The molecule has 148 valence electrons. The lowest BCUT2D eigenvalue weighted by atomic mass is 9.92. The van der Waals surface area contributed by atoms with Crippen LogP contribution in [0.15, 0.2) is 24.3 Å². The van der Waals surface area contributed by atoms with E-state index in [1.165, 1.54) is 11.1 Å². The van der Waals surface area contributed by atoms with Crippen molar-refractivity contribution in [1.82, 2.24) is 15.1 Å². The van der Waals surface area contributed by atoms with Crippen LogP contribution in [0.4, 0.5) is 0 Å². The Labute approximate surface area is 163 Å². The van der Waals surface area contributed by atoms with E-state index in [1.807, 2.05) is 32.6 Å². The van der Waals surface area contributed by atoms with E-state index in [0.29, 0.717) is 0 Å². The summed E-state index contributed by atoms with van der Waals surface area (Å²) < 4.78 is 0. The summed E-state index contributed by atoms with van der Waals surface area (Å²) in [6.07, 6.45) is 2.62. The predicted octanol–water partition coefficient (Wildman–Crippen LogP) is 2.59. The van der Waals surface area contributed by atoms with E-state index >= 15 is 0 Å². The third kappa shape index (κ3) is 4.89. The van der Waals surface area contributed by atoms with Gasteiger partial charge in [-0.2, -0.15) is 0 Å².